The Kier molecular flexibility index (Phi) is 5.64. The van der Waals surface area contributed by atoms with E-state index >= 15 is 0 Å². The lowest BCUT2D eigenvalue weighted by molar-refractivity contribution is -0.131. The van der Waals surface area contributed by atoms with Crippen molar-refractivity contribution in [2.45, 2.75) is 71.0 Å². The first-order chi connectivity index (χ1) is 12.8. The number of aromatic nitrogens is 4. The van der Waals surface area contributed by atoms with Crippen molar-refractivity contribution in [2.75, 3.05) is 6.54 Å². The van der Waals surface area contributed by atoms with E-state index in [9.17, 15) is 4.79 Å². The van der Waals surface area contributed by atoms with Crippen LogP contribution in [0.1, 0.15) is 58.0 Å². The summed E-state index contributed by atoms with van der Waals surface area (Å²) in [5.41, 5.74) is -0.0691. The Bertz CT molecular complexity index is 775. The Morgan fingerprint density at radius 1 is 1.41 bits per heavy atom. The standard InChI is InChI=1S/C19H30N6O2/c1-13-14(20-11-16-23-22-12-24(16)5)8-9-25(13)18(26)7-6-17-21-10-15(27-17)19(2,3)4/h10,12-14,20H,6-9,11H2,1-5H3. The molecule has 3 rings (SSSR count). The maximum atomic E-state index is 12.7. The molecule has 1 aliphatic rings. The monoisotopic (exact) mass is 374 g/mol. The molecule has 0 aromatic carbocycles. The molecule has 1 amide bonds. The summed E-state index contributed by atoms with van der Waals surface area (Å²) in [5.74, 6) is 2.54. The summed E-state index contributed by atoms with van der Waals surface area (Å²) < 4.78 is 7.69. The fourth-order valence-corrected chi connectivity index (χ4v) is 3.38. The molecule has 3 heterocycles. The molecule has 2 aromatic rings. The van der Waals surface area contributed by atoms with Gasteiger partial charge in [0.25, 0.3) is 0 Å². The summed E-state index contributed by atoms with van der Waals surface area (Å²) in [4.78, 5) is 18.9. The predicted octanol–water partition coefficient (Wildman–Crippen LogP) is 1.81. The molecule has 1 fully saturated rings. The van der Waals surface area contributed by atoms with Gasteiger partial charge in [-0.05, 0) is 13.3 Å². The fraction of sp³-hybridized carbons (Fsp3) is 0.684. The largest absolute Gasteiger partial charge is 0.445 e. The van der Waals surface area contributed by atoms with E-state index in [2.05, 4.69) is 48.2 Å². The van der Waals surface area contributed by atoms with Crippen LogP contribution in [0.25, 0.3) is 0 Å². The van der Waals surface area contributed by atoms with Gasteiger partial charge in [-0.15, -0.1) is 10.2 Å². The third-order valence-corrected chi connectivity index (χ3v) is 5.25. The quantitative estimate of drug-likeness (QED) is 0.829. The van der Waals surface area contributed by atoms with Crippen molar-refractivity contribution in [2.24, 2.45) is 7.05 Å². The molecule has 0 saturated carbocycles. The second-order valence-electron chi connectivity index (χ2n) is 8.33. The van der Waals surface area contributed by atoms with Crippen LogP contribution in [0.5, 0.6) is 0 Å². The molecule has 8 nitrogen and oxygen atoms in total. The number of oxazole rings is 1. The molecule has 0 radical (unpaired) electrons. The fourth-order valence-electron chi connectivity index (χ4n) is 3.38. The van der Waals surface area contributed by atoms with Crippen LogP contribution < -0.4 is 5.32 Å². The van der Waals surface area contributed by atoms with E-state index in [1.54, 1.807) is 12.5 Å². The van der Waals surface area contributed by atoms with Gasteiger partial charge in [-0.2, -0.15) is 0 Å². The molecule has 1 N–H and O–H groups in total. The Morgan fingerprint density at radius 2 is 2.19 bits per heavy atom. The van der Waals surface area contributed by atoms with Gasteiger partial charge in [-0.25, -0.2) is 4.98 Å². The molecule has 0 aliphatic carbocycles. The number of carbonyl (C=O) groups excluding carboxylic acids is 1. The number of amides is 1. The highest BCUT2D eigenvalue weighted by atomic mass is 16.4. The molecule has 1 saturated heterocycles. The van der Waals surface area contributed by atoms with Gasteiger partial charge in [-0.1, -0.05) is 20.8 Å². The van der Waals surface area contributed by atoms with E-state index in [1.807, 2.05) is 16.5 Å². The topological polar surface area (TPSA) is 89.1 Å². The van der Waals surface area contributed by atoms with Crippen LogP contribution in [0.3, 0.4) is 0 Å². The number of hydrogen-bond acceptors (Lipinski definition) is 6. The van der Waals surface area contributed by atoms with Gasteiger partial charge in [0, 0.05) is 43.9 Å². The zero-order valence-corrected chi connectivity index (χ0v) is 16.9. The highest BCUT2D eigenvalue weighted by molar-refractivity contribution is 5.77. The lowest BCUT2D eigenvalue weighted by Crippen LogP contribution is -2.43. The van der Waals surface area contributed by atoms with Gasteiger partial charge in [0.15, 0.2) is 5.89 Å². The predicted molar refractivity (Wildman–Crippen MR) is 101 cm³/mol. The van der Waals surface area contributed by atoms with Crippen LogP contribution in [0, 0.1) is 0 Å². The summed E-state index contributed by atoms with van der Waals surface area (Å²) >= 11 is 0. The smallest absolute Gasteiger partial charge is 0.223 e. The van der Waals surface area contributed by atoms with Gasteiger partial charge >= 0.3 is 0 Å². The van der Waals surface area contributed by atoms with Crippen LogP contribution in [0.4, 0.5) is 0 Å². The van der Waals surface area contributed by atoms with Crippen molar-refractivity contribution in [3.63, 3.8) is 0 Å². The Balaban J connectivity index is 1.49. The maximum absolute atomic E-state index is 12.7. The molecule has 8 heteroatoms. The van der Waals surface area contributed by atoms with Gasteiger partial charge in [0.1, 0.15) is 17.9 Å². The molecule has 1 aliphatic heterocycles. The zero-order valence-electron chi connectivity index (χ0n) is 16.9. The van der Waals surface area contributed by atoms with Crippen molar-refractivity contribution in [3.8, 4) is 0 Å². The highest BCUT2D eigenvalue weighted by Gasteiger charge is 2.33. The van der Waals surface area contributed by atoms with Crippen LogP contribution in [-0.4, -0.2) is 49.2 Å². The molecular formula is C19H30N6O2. The first-order valence-corrected chi connectivity index (χ1v) is 9.56. The summed E-state index contributed by atoms with van der Waals surface area (Å²) in [6, 6.07) is 0.417. The van der Waals surface area contributed by atoms with Crippen LogP contribution in [0.2, 0.25) is 0 Å². The van der Waals surface area contributed by atoms with E-state index in [0.717, 1.165) is 24.6 Å². The van der Waals surface area contributed by atoms with E-state index < -0.39 is 0 Å². The van der Waals surface area contributed by atoms with Crippen molar-refractivity contribution in [1.29, 1.82) is 0 Å². The average Bonchev–Trinajstić information content (AvgIpc) is 3.31. The number of nitrogens with zero attached hydrogens (tertiary/aromatic N) is 5. The van der Waals surface area contributed by atoms with Crippen molar-refractivity contribution >= 4 is 5.91 Å². The van der Waals surface area contributed by atoms with E-state index in [1.165, 1.54) is 0 Å². The van der Waals surface area contributed by atoms with Gasteiger partial charge < -0.3 is 19.2 Å². The van der Waals surface area contributed by atoms with Crippen LogP contribution >= 0.6 is 0 Å². The molecule has 148 valence electrons. The molecule has 2 unspecified atom stereocenters. The lowest BCUT2D eigenvalue weighted by atomic mass is 9.94. The minimum Gasteiger partial charge on any atom is -0.445 e. The first-order valence-electron chi connectivity index (χ1n) is 9.56. The van der Waals surface area contributed by atoms with Gasteiger partial charge in [0.05, 0.1) is 12.7 Å². The number of carbonyl (C=O) groups is 1. The first kappa shape index (κ1) is 19.5. The van der Waals surface area contributed by atoms with Crippen molar-refractivity contribution in [1.82, 2.24) is 30.0 Å². The maximum Gasteiger partial charge on any atom is 0.223 e. The second-order valence-corrected chi connectivity index (χ2v) is 8.33. The van der Waals surface area contributed by atoms with E-state index in [-0.39, 0.29) is 23.4 Å². The van der Waals surface area contributed by atoms with Gasteiger partial charge in [-0.3, -0.25) is 4.79 Å². The third kappa shape index (κ3) is 4.55. The summed E-state index contributed by atoms with van der Waals surface area (Å²) in [7, 11) is 1.93. The van der Waals surface area contributed by atoms with Gasteiger partial charge in [0.2, 0.25) is 5.91 Å². The Hall–Kier alpha value is -2.22. The molecule has 2 atom stereocenters. The minimum absolute atomic E-state index is 0.0691. The average molecular weight is 374 g/mol. The van der Waals surface area contributed by atoms with Crippen molar-refractivity contribution < 1.29 is 9.21 Å². The minimum atomic E-state index is -0.0691. The number of aryl methyl sites for hydroxylation is 2. The molecule has 0 bridgehead atoms. The number of rotatable bonds is 6. The van der Waals surface area contributed by atoms with E-state index in [0.29, 0.717) is 25.3 Å². The lowest BCUT2D eigenvalue weighted by Gasteiger charge is -2.25. The number of hydrogen-bond donors (Lipinski definition) is 1. The number of likely N-dealkylation sites (tertiary alicyclic amines) is 1. The summed E-state index contributed by atoms with van der Waals surface area (Å²) in [6.45, 7) is 9.78. The summed E-state index contributed by atoms with van der Waals surface area (Å²) in [5, 5.41) is 11.5. The SMILES string of the molecule is CC1C(NCc2nncn2C)CCN1C(=O)CCc1ncc(C(C)(C)C)o1. The molecule has 0 spiro atoms. The molecular weight excluding hydrogens is 344 g/mol. The van der Waals surface area contributed by atoms with Crippen LogP contribution in [0.15, 0.2) is 16.9 Å². The molecule has 27 heavy (non-hydrogen) atoms. The Labute approximate surface area is 160 Å². The van der Waals surface area contributed by atoms with Crippen LogP contribution in [-0.2, 0) is 30.2 Å². The summed E-state index contributed by atoms with van der Waals surface area (Å²) in [6.07, 6.45) is 5.36. The van der Waals surface area contributed by atoms with Crippen molar-refractivity contribution in [3.05, 3.63) is 30.0 Å². The Morgan fingerprint density at radius 3 is 2.81 bits per heavy atom. The number of nitrogens with one attached hydrogen (secondary N) is 1. The van der Waals surface area contributed by atoms with E-state index in [4.69, 9.17) is 4.42 Å². The second kappa shape index (κ2) is 7.80. The zero-order chi connectivity index (χ0) is 19.6. The highest BCUT2D eigenvalue weighted by Crippen LogP contribution is 2.24. The third-order valence-electron chi connectivity index (χ3n) is 5.25. The molecule has 2 aromatic heterocycles. The normalized spacial score (nSPS) is 20.4.